The first-order valence-electron chi connectivity index (χ1n) is 5.57. The van der Waals surface area contributed by atoms with Crippen LogP contribution in [0.3, 0.4) is 0 Å². The minimum atomic E-state index is -0.460. The summed E-state index contributed by atoms with van der Waals surface area (Å²) in [6.07, 6.45) is 0.893. The van der Waals surface area contributed by atoms with Gasteiger partial charge in [-0.25, -0.2) is 4.39 Å². The molecule has 1 aliphatic heterocycles. The molecule has 1 heterocycles. The molecule has 96 valence electrons. The highest BCUT2D eigenvalue weighted by atomic mass is 79.9. The first kappa shape index (κ1) is 13.0. The van der Waals surface area contributed by atoms with E-state index in [4.69, 9.17) is 0 Å². The van der Waals surface area contributed by atoms with Gasteiger partial charge in [-0.15, -0.1) is 0 Å². The molecule has 4 nitrogen and oxygen atoms in total. The van der Waals surface area contributed by atoms with Crippen molar-refractivity contribution in [3.63, 3.8) is 0 Å². The number of amides is 2. The minimum Gasteiger partial charge on any atom is -0.350 e. The summed E-state index contributed by atoms with van der Waals surface area (Å²) in [4.78, 5) is 22.7. The smallest absolute Gasteiger partial charge is 0.242 e. The van der Waals surface area contributed by atoms with Crippen molar-refractivity contribution in [2.24, 2.45) is 0 Å². The Hall–Kier alpha value is -1.43. The van der Waals surface area contributed by atoms with Gasteiger partial charge in [0, 0.05) is 13.0 Å². The van der Waals surface area contributed by atoms with Gasteiger partial charge < -0.3 is 10.6 Å². The van der Waals surface area contributed by atoms with Gasteiger partial charge in [-0.2, -0.15) is 0 Å². The zero-order valence-electron chi connectivity index (χ0n) is 9.50. The molecule has 0 radical (unpaired) electrons. The van der Waals surface area contributed by atoms with E-state index in [0.29, 0.717) is 22.9 Å². The van der Waals surface area contributed by atoms with Crippen molar-refractivity contribution < 1.29 is 14.0 Å². The molecule has 0 spiro atoms. The average Bonchev–Trinajstić information content (AvgIpc) is 2.77. The Morgan fingerprint density at radius 3 is 2.94 bits per heavy atom. The van der Waals surface area contributed by atoms with Crippen LogP contribution in [0.15, 0.2) is 22.7 Å². The first-order chi connectivity index (χ1) is 8.56. The predicted octanol–water partition coefficient (Wildman–Crippen LogP) is 1.48. The van der Waals surface area contributed by atoms with Crippen molar-refractivity contribution in [1.29, 1.82) is 0 Å². The summed E-state index contributed by atoms with van der Waals surface area (Å²) in [6.45, 7) is 0.245. The third kappa shape index (κ3) is 3.07. The Bertz CT molecular complexity index is 493. The monoisotopic (exact) mass is 314 g/mol. The molecule has 6 heteroatoms. The van der Waals surface area contributed by atoms with E-state index in [9.17, 15) is 14.0 Å². The molecule has 1 unspecified atom stereocenters. The van der Waals surface area contributed by atoms with Crippen LogP contribution in [0.25, 0.3) is 0 Å². The van der Waals surface area contributed by atoms with Crippen LogP contribution in [0.5, 0.6) is 0 Å². The maximum atomic E-state index is 13.2. The summed E-state index contributed by atoms with van der Waals surface area (Å²) in [5.41, 5.74) is 0.674. The molecular formula is C12H12BrFN2O2. The summed E-state index contributed by atoms with van der Waals surface area (Å²) >= 11 is 3.06. The van der Waals surface area contributed by atoms with Crippen LogP contribution in [0.2, 0.25) is 0 Å². The molecule has 1 fully saturated rings. The highest BCUT2D eigenvalue weighted by molar-refractivity contribution is 9.10. The quantitative estimate of drug-likeness (QED) is 0.888. The predicted molar refractivity (Wildman–Crippen MR) is 67.1 cm³/mol. The van der Waals surface area contributed by atoms with E-state index in [1.807, 2.05) is 0 Å². The molecule has 1 saturated heterocycles. The van der Waals surface area contributed by atoms with Crippen LogP contribution in [-0.2, 0) is 16.1 Å². The fourth-order valence-corrected chi connectivity index (χ4v) is 2.02. The maximum absolute atomic E-state index is 13.2. The van der Waals surface area contributed by atoms with Gasteiger partial charge in [-0.1, -0.05) is 6.07 Å². The number of carbonyl (C=O) groups excluding carboxylic acids is 2. The molecule has 1 aliphatic rings. The maximum Gasteiger partial charge on any atom is 0.242 e. The van der Waals surface area contributed by atoms with E-state index in [1.54, 1.807) is 12.1 Å². The summed E-state index contributed by atoms with van der Waals surface area (Å²) in [7, 11) is 0. The number of halogens is 2. The summed E-state index contributed by atoms with van der Waals surface area (Å²) in [5, 5.41) is 5.25. The summed E-state index contributed by atoms with van der Waals surface area (Å²) in [5.74, 6) is -0.704. The second kappa shape index (κ2) is 5.48. The van der Waals surface area contributed by atoms with Crippen molar-refractivity contribution in [2.75, 3.05) is 0 Å². The lowest BCUT2D eigenvalue weighted by molar-refractivity contribution is -0.125. The lowest BCUT2D eigenvalue weighted by atomic mass is 10.2. The van der Waals surface area contributed by atoms with E-state index in [-0.39, 0.29) is 24.2 Å². The van der Waals surface area contributed by atoms with Crippen molar-refractivity contribution >= 4 is 27.7 Å². The molecule has 0 bridgehead atoms. The Kier molecular flexibility index (Phi) is 3.96. The lowest BCUT2D eigenvalue weighted by Crippen LogP contribution is -2.41. The second-order valence-corrected chi connectivity index (χ2v) is 4.98. The van der Waals surface area contributed by atoms with Gasteiger partial charge in [0.25, 0.3) is 0 Å². The topological polar surface area (TPSA) is 58.2 Å². The molecule has 2 rings (SSSR count). The standard InChI is InChI=1S/C12H12BrFN2O2/c13-8-2-1-7(5-9(8)14)6-15-12(18)10-3-4-11(17)16-10/h1-2,5,10H,3-4,6H2,(H,15,18)(H,16,17). The third-order valence-electron chi connectivity index (χ3n) is 2.76. The fraction of sp³-hybridized carbons (Fsp3) is 0.333. The zero-order valence-corrected chi connectivity index (χ0v) is 11.1. The third-order valence-corrected chi connectivity index (χ3v) is 3.41. The number of hydrogen-bond acceptors (Lipinski definition) is 2. The van der Waals surface area contributed by atoms with Gasteiger partial charge in [-0.3, -0.25) is 9.59 Å². The Morgan fingerprint density at radius 1 is 1.56 bits per heavy atom. The van der Waals surface area contributed by atoms with E-state index >= 15 is 0 Å². The number of carbonyl (C=O) groups is 2. The molecule has 0 saturated carbocycles. The van der Waals surface area contributed by atoms with Gasteiger partial charge in [0.05, 0.1) is 4.47 Å². The van der Waals surface area contributed by atoms with Gasteiger partial charge in [0.1, 0.15) is 11.9 Å². The van der Waals surface area contributed by atoms with Crippen LogP contribution < -0.4 is 10.6 Å². The molecular weight excluding hydrogens is 303 g/mol. The van der Waals surface area contributed by atoms with Crippen LogP contribution in [0, 0.1) is 5.82 Å². The lowest BCUT2D eigenvalue weighted by Gasteiger charge is -2.11. The summed E-state index contributed by atoms with van der Waals surface area (Å²) < 4.78 is 13.6. The van der Waals surface area contributed by atoms with Crippen LogP contribution in [0.1, 0.15) is 18.4 Å². The van der Waals surface area contributed by atoms with Crippen molar-refractivity contribution in [3.8, 4) is 0 Å². The van der Waals surface area contributed by atoms with E-state index in [2.05, 4.69) is 26.6 Å². The van der Waals surface area contributed by atoms with Crippen molar-refractivity contribution in [3.05, 3.63) is 34.1 Å². The van der Waals surface area contributed by atoms with E-state index < -0.39 is 6.04 Å². The molecule has 2 N–H and O–H groups in total. The molecule has 18 heavy (non-hydrogen) atoms. The normalized spacial score (nSPS) is 18.6. The van der Waals surface area contributed by atoms with Crippen LogP contribution in [0.4, 0.5) is 4.39 Å². The van der Waals surface area contributed by atoms with E-state index in [1.165, 1.54) is 6.07 Å². The Morgan fingerprint density at radius 2 is 2.33 bits per heavy atom. The fourth-order valence-electron chi connectivity index (χ4n) is 1.77. The van der Waals surface area contributed by atoms with Gasteiger partial charge in [0.2, 0.25) is 11.8 Å². The zero-order chi connectivity index (χ0) is 13.1. The molecule has 1 atom stereocenters. The van der Waals surface area contributed by atoms with Crippen molar-refractivity contribution in [2.45, 2.75) is 25.4 Å². The van der Waals surface area contributed by atoms with Gasteiger partial charge in [-0.05, 0) is 40.0 Å². The molecule has 0 aliphatic carbocycles. The molecule has 0 aromatic heterocycles. The molecule has 1 aromatic rings. The summed E-state index contributed by atoms with van der Waals surface area (Å²) in [6, 6.07) is 4.21. The average molecular weight is 315 g/mol. The van der Waals surface area contributed by atoms with Gasteiger partial charge in [0.15, 0.2) is 0 Å². The number of hydrogen-bond donors (Lipinski definition) is 2. The van der Waals surface area contributed by atoms with Gasteiger partial charge >= 0.3 is 0 Å². The largest absolute Gasteiger partial charge is 0.350 e. The first-order valence-corrected chi connectivity index (χ1v) is 6.36. The Labute approximate surface area is 112 Å². The van der Waals surface area contributed by atoms with Crippen molar-refractivity contribution in [1.82, 2.24) is 10.6 Å². The highest BCUT2D eigenvalue weighted by Gasteiger charge is 2.26. The van der Waals surface area contributed by atoms with Crippen LogP contribution >= 0.6 is 15.9 Å². The second-order valence-electron chi connectivity index (χ2n) is 4.13. The number of nitrogens with one attached hydrogen (secondary N) is 2. The minimum absolute atomic E-state index is 0.107. The van der Waals surface area contributed by atoms with Crippen LogP contribution in [-0.4, -0.2) is 17.9 Å². The number of rotatable bonds is 3. The number of benzene rings is 1. The molecule has 1 aromatic carbocycles. The SMILES string of the molecule is O=C1CCC(C(=O)NCc2ccc(Br)c(F)c2)N1. The van der Waals surface area contributed by atoms with E-state index in [0.717, 1.165) is 0 Å². The highest BCUT2D eigenvalue weighted by Crippen LogP contribution is 2.16. The molecule has 2 amide bonds. The Balaban J connectivity index is 1.89.